The molecule has 0 spiro atoms. The van der Waals surface area contributed by atoms with Crippen molar-refractivity contribution >= 4 is 5.97 Å². The molecule has 3 aromatic rings. The number of aryl methyl sites for hydroxylation is 3. The van der Waals surface area contributed by atoms with E-state index in [0.29, 0.717) is 31.1 Å². The predicted octanol–water partition coefficient (Wildman–Crippen LogP) is 4.80. The largest absolute Gasteiger partial charge is 0.480 e. The van der Waals surface area contributed by atoms with Gasteiger partial charge in [0.2, 0.25) is 5.82 Å². The Morgan fingerprint density at radius 2 is 1.86 bits per heavy atom. The van der Waals surface area contributed by atoms with Crippen LogP contribution < -0.4 is 5.32 Å². The van der Waals surface area contributed by atoms with E-state index in [0.717, 1.165) is 60.9 Å². The van der Waals surface area contributed by atoms with Crippen LogP contribution in [0, 0.1) is 19.3 Å². The summed E-state index contributed by atoms with van der Waals surface area (Å²) >= 11 is 0. The average molecular weight is 492 g/mol. The van der Waals surface area contributed by atoms with Crippen molar-refractivity contribution in [2.75, 3.05) is 6.54 Å². The molecule has 0 unspecified atom stereocenters. The number of carboxylic acid groups (broad SMARTS) is 1. The quantitative estimate of drug-likeness (QED) is 0.489. The molecule has 2 aromatic heterocycles. The van der Waals surface area contributed by atoms with Gasteiger partial charge in [-0.3, -0.25) is 9.48 Å². The molecule has 5 rings (SSSR count). The number of carbonyl (C=O) groups is 1. The van der Waals surface area contributed by atoms with E-state index in [1.807, 2.05) is 11.7 Å². The molecule has 0 aliphatic heterocycles. The molecule has 1 saturated carbocycles. The first-order chi connectivity index (χ1) is 17.1. The molecule has 8 heteroatoms. The molecule has 2 heterocycles. The van der Waals surface area contributed by atoms with Crippen molar-refractivity contribution in [3.05, 3.63) is 40.1 Å². The molecule has 2 N–H and O–H groups in total. The molecule has 0 amide bonds. The molecular formula is C28H37N5O3. The Morgan fingerprint density at radius 1 is 1.17 bits per heavy atom. The highest BCUT2D eigenvalue weighted by molar-refractivity contribution is 5.79. The third-order valence-electron chi connectivity index (χ3n) is 8.26. The topological polar surface area (TPSA) is 106 Å². The van der Waals surface area contributed by atoms with Gasteiger partial charge in [0.05, 0.1) is 0 Å². The van der Waals surface area contributed by atoms with E-state index in [-0.39, 0.29) is 5.41 Å². The van der Waals surface area contributed by atoms with E-state index in [1.54, 1.807) is 0 Å². The van der Waals surface area contributed by atoms with Gasteiger partial charge in [-0.25, -0.2) is 0 Å². The second-order valence-corrected chi connectivity index (χ2v) is 11.5. The number of hydrogen-bond donors (Lipinski definition) is 2. The maximum absolute atomic E-state index is 11.8. The predicted molar refractivity (Wildman–Crippen MR) is 138 cm³/mol. The number of fused-ring (bicyclic) bond motifs is 1. The lowest BCUT2D eigenvalue weighted by molar-refractivity contribution is -0.144. The van der Waals surface area contributed by atoms with Gasteiger partial charge < -0.3 is 14.9 Å². The molecule has 2 aliphatic rings. The summed E-state index contributed by atoms with van der Waals surface area (Å²) in [5.74, 6) is 0.308. The minimum Gasteiger partial charge on any atom is -0.480 e. The van der Waals surface area contributed by atoms with E-state index in [9.17, 15) is 9.90 Å². The zero-order chi connectivity index (χ0) is 25.7. The average Bonchev–Trinajstić information content (AvgIpc) is 3.55. The van der Waals surface area contributed by atoms with Crippen molar-refractivity contribution in [1.82, 2.24) is 25.2 Å². The van der Waals surface area contributed by atoms with Gasteiger partial charge in [0.1, 0.15) is 5.54 Å². The van der Waals surface area contributed by atoms with E-state index < -0.39 is 11.5 Å². The van der Waals surface area contributed by atoms with Crippen molar-refractivity contribution in [3.63, 3.8) is 0 Å². The van der Waals surface area contributed by atoms with Crippen LogP contribution in [0.25, 0.3) is 23.0 Å². The van der Waals surface area contributed by atoms with E-state index >= 15 is 0 Å². The number of nitrogens with one attached hydrogen (secondary N) is 1. The smallest absolute Gasteiger partial charge is 0.323 e. The van der Waals surface area contributed by atoms with Gasteiger partial charge in [-0.15, -0.1) is 0 Å². The van der Waals surface area contributed by atoms with Crippen LogP contribution in [0.5, 0.6) is 0 Å². The van der Waals surface area contributed by atoms with Gasteiger partial charge in [-0.2, -0.15) is 10.1 Å². The summed E-state index contributed by atoms with van der Waals surface area (Å²) in [6.45, 7) is 9.42. The third-order valence-corrected chi connectivity index (χ3v) is 8.26. The number of aromatic nitrogens is 4. The van der Waals surface area contributed by atoms with E-state index in [4.69, 9.17) is 14.6 Å². The van der Waals surface area contributed by atoms with Crippen LogP contribution in [0.1, 0.15) is 73.9 Å². The van der Waals surface area contributed by atoms with Crippen LogP contribution in [0.4, 0.5) is 0 Å². The lowest BCUT2D eigenvalue weighted by Crippen LogP contribution is -2.50. The number of hydrogen-bond acceptors (Lipinski definition) is 6. The Bertz CT molecular complexity index is 1270. The number of aliphatic carboxylic acids is 1. The Kier molecular flexibility index (Phi) is 6.27. The standard InChI is InChI=1S/C28H37N5O3/c1-17-14-19(15-18(2)20(17)9-13-29-28(26(34)35)10-6-7-11-28)24-30-25(36-32-24)23-21-8-12-27(3,4)16-22(21)33(5)31-23/h14-15,29H,6-13,16H2,1-5H3,(H,34,35). The van der Waals surface area contributed by atoms with Crippen molar-refractivity contribution < 1.29 is 14.4 Å². The first-order valence-electron chi connectivity index (χ1n) is 13.1. The normalized spacial score (nSPS) is 18.4. The molecule has 1 fully saturated rings. The second kappa shape index (κ2) is 9.14. The monoisotopic (exact) mass is 491 g/mol. The zero-order valence-electron chi connectivity index (χ0n) is 22.1. The SMILES string of the molecule is Cc1cc(-c2noc(-c3nn(C)c4c3CCC(C)(C)C4)n2)cc(C)c1CCNC1(C(=O)O)CCCC1. The van der Waals surface area contributed by atoms with Crippen LogP contribution in [-0.2, 0) is 31.1 Å². The first kappa shape index (κ1) is 24.7. The van der Waals surface area contributed by atoms with Crippen LogP contribution in [-0.4, -0.2) is 43.1 Å². The van der Waals surface area contributed by atoms with Crippen molar-refractivity contribution in [2.24, 2.45) is 12.5 Å². The zero-order valence-corrected chi connectivity index (χ0v) is 22.1. The summed E-state index contributed by atoms with van der Waals surface area (Å²) in [7, 11) is 1.99. The fourth-order valence-electron chi connectivity index (χ4n) is 6.09. The Balaban J connectivity index is 1.34. The van der Waals surface area contributed by atoms with Gasteiger partial charge in [0.15, 0.2) is 5.69 Å². The number of nitrogens with zero attached hydrogens (tertiary/aromatic N) is 4. The molecule has 192 valence electrons. The van der Waals surface area contributed by atoms with E-state index in [1.165, 1.54) is 16.8 Å². The summed E-state index contributed by atoms with van der Waals surface area (Å²) < 4.78 is 7.66. The fraction of sp³-hybridized carbons (Fsp3) is 0.571. The van der Waals surface area contributed by atoms with Crippen molar-refractivity contribution in [3.8, 4) is 23.0 Å². The number of rotatable bonds is 7. The molecular weight excluding hydrogens is 454 g/mol. The highest BCUT2D eigenvalue weighted by Crippen LogP contribution is 2.39. The summed E-state index contributed by atoms with van der Waals surface area (Å²) in [4.78, 5) is 16.6. The van der Waals surface area contributed by atoms with E-state index in [2.05, 4.69) is 50.3 Å². The van der Waals surface area contributed by atoms with Crippen LogP contribution in [0.15, 0.2) is 16.7 Å². The molecule has 1 aromatic carbocycles. The van der Waals surface area contributed by atoms with Gasteiger partial charge in [0.25, 0.3) is 5.89 Å². The minimum atomic E-state index is -0.761. The van der Waals surface area contributed by atoms with Crippen LogP contribution in [0.2, 0.25) is 0 Å². The van der Waals surface area contributed by atoms with Gasteiger partial charge in [0, 0.05) is 30.4 Å². The van der Waals surface area contributed by atoms with Gasteiger partial charge in [-0.05, 0) is 86.6 Å². The highest BCUT2D eigenvalue weighted by atomic mass is 16.5. The number of benzene rings is 1. The van der Waals surface area contributed by atoms with Gasteiger partial charge >= 0.3 is 5.97 Å². The van der Waals surface area contributed by atoms with Gasteiger partial charge in [-0.1, -0.05) is 31.8 Å². The molecule has 0 atom stereocenters. The molecule has 2 aliphatic carbocycles. The maximum atomic E-state index is 11.8. The highest BCUT2D eigenvalue weighted by Gasteiger charge is 2.40. The summed E-state index contributed by atoms with van der Waals surface area (Å²) in [6.07, 6.45) is 7.20. The van der Waals surface area contributed by atoms with Crippen molar-refractivity contribution in [2.45, 2.75) is 84.6 Å². The molecule has 0 bridgehead atoms. The first-order valence-corrected chi connectivity index (χ1v) is 13.1. The third kappa shape index (κ3) is 4.47. The lowest BCUT2D eigenvalue weighted by atomic mass is 9.76. The minimum absolute atomic E-state index is 0.274. The Hall–Kier alpha value is -3.00. The summed E-state index contributed by atoms with van der Waals surface area (Å²) in [6, 6.07) is 4.19. The van der Waals surface area contributed by atoms with Crippen molar-refractivity contribution in [1.29, 1.82) is 0 Å². The summed E-state index contributed by atoms with van der Waals surface area (Å²) in [5, 5.41) is 22.1. The second-order valence-electron chi connectivity index (χ2n) is 11.5. The van der Waals surface area contributed by atoms with Crippen LogP contribution >= 0.6 is 0 Å². The maximum Gasteiger partial charge on any atom is 0.323 e. The summed E-state index contributed by atoms with van der Waals surface area (Å²) in [5.41, 5.74) is 7.24. The molecule has 36 heavy (non-hydrogen) atoms. The molecule has 0 saturated heterocycles. The Labute approximate surface area is 212 Å². The lowest BCUT2D eigenvalue weighted by Gasteiger charge is -2.29. The molecule has 8 nitrogen and oxygen atoms in total. The number of carboxylic acids is 1. The molecule has 0 radical (unpaired) electrons. The fourth-order valence-corrected chi connectivity index (χ4v) is 6.09. The van der Waals surface area contributed by atoms with Crippen LogP contribution in [0.3, 0.4) is 0 Å². The Morgan fingerprint density at radius 3 is 2.53 bits per heavy atom.